The van der Waals surface area contributed by atoms with E-state index in [9.17, 15) is 62.3 Å². The summed E-state index contributed by atoms with van der Waals surface area (Å²) in [5, 5.41) is 0. The second-order valence-electron chi connectivity index (χ2n) is 8.05. The molecule has 208 valence electrons. The number of alkyl halides is 12. The first-order valence-electron chi connectivity index (χ1n) is 10.2. The van der Waals surface area contributed by atoms with Gasteiger partial charge in [-0.25, -0.2) is 0 Å². The summed E-state index contributed by atoms with van der Waals surface area (Å²) in [5.41, 5.74) is -6.07. The monoisotopic (exact) mass is 573 g/mol. The Kier molecular flexibility index (Phi) is 7.27. The summed E-state index contributed by atoms with van der Waals surface area (Å²) < 4.78 is 158. The predicted octanol–water partition coefficient (Wildman–Crippen LogP) is 7.81. The third-order valence-corrected chi connectivity index (χ3v) is 5.26. The fourth-order valence-electron chi connectivity index (χ4n) is 3.39. The summed E-state index contributed by atoms with van der Waals surface area (Å²) in [5.74, 6) is -3.00. The van der Waals surface area contributed by atoms with Gasteiger partial charge in [0.1, 0.15) is 0 Å². The van der Waals surface area contributed by atoms with Gasteiger partial charge >= 0.3 is 24.7 Å². The van der Waals surface area contributed by atoms with Crippen molar-refractivity contribution in [3.8, 4) is 0 Å². The Labute approximate surface area is 209 Å². The second-order valence-corrected chi connectivity index (χ2v) is 8.05. The van der Waals surface area contributed by atoms with Gasteiger partial charge in [0.2, 0.25) is 0 Å². The number of anilines is 1. The summed E-state index contributed by atoms with van der Waals surface area (Å²) in [7, 11) is 0. The molecule has 0 fully saturated rings. The summed E-state index contributed by atoms with van der Waals surface area (Å²) in [6.07, 6.45) is -21.2. The molecular formula is C24H11F12NO2. The van der Waals surface area contributed by atoms with Crippen molar-refractivity contribution in [3.63, 3.8) is 0 Å². The van der Waals surface area contributed by atoms with Crippen LogP contribution in [0, 0.1) is 0 Å². The minimum Gasteiger partial charge on any atom is -0.398 e. The molecule has 0 atom stereocenters. The van der Waals surface area contributed by atoms with Crippen LogP contribution in [0.1, 0.15) is 54.1 Å². The highest BCUT2D eigenvalue weighted by Gasteiger charge is 2.39. The molecule has 3 aromatic carbocycles. The zero-order valence-electron chi connectivity index (χ0n) is 18.6. The van der Waals surface area contributed by atoms with Crippen LogP contribution in [0.2, 0.25) is 0 Å². The number of nitrogens with two attached hydrogens (primary N) is 1. The summed E-state index contributed by atoms with van der Waals surface area (Å²) in [6, 6.07) is 2.05. The van der Waals surface area contributed by atoms with Crippen molar-refractivity contribution in [2.75, 3.05) is 5.73 Å². The summed E-state index contributed by atoms with van der Waals surface area (Å²) >= 11 is 0. The lowest BCUT2D eigenvalue weighted by atomic mass is 9.93. The molecule has 0 amide bonds. The highest BCUT2D eigenvalue weighted by atomic mass is 19.4. The minimum atomic E-state index is -5.31. The quantitative estimate of drug-likeness (QED) is 0.197. The van der Waals surface area contributed by atoms with Crippen LogP contribution in [-0.4, -0.2) is 11.6 Å². The minimum absolute atomic E-state index is 0.0912. The van der Waals surface area contributed by atoms with E-state index in [0.29, 0.717) is 6.07 Å². The van der Waals surface area contributed by atoms with Gasteiger partial charge in [-0.2, -0.15) is 52.7 Å². The summed E-state index contributed by atoms with van der Waals surface area (Å²) in [4.78, 5) is 25.7. The smallest absolute Gasteiger partial charge is 0.398 e. The van der Waals surface area contributed by atoms with Crippen molar-refractivity contribution in [1.29, 1.82) is 0 Å². The normalized spacial score (nSPS) is 12.9. The number of halogens is 12. The van der Waals surface area contributed by atoms with Crippen LogP contribution >= 0.6 is 0 Å². The molecule has 0 heterocycles. The van der Waals surface area contributed by atoms with Crippen LogP contribution in [-0.2, 0) is 24.7 Å². The van der Waals surface area contributed by atoms with Crippen molar-refractivity contribution < 1.29 is 62.3 Å². The molecule has 0 aliphatic rings. The Morgan fingerprint density at radius 3 is 1.13 bits per heavy atom. The average Bonchev–Trinajstić information content (AvgIpc) is 2.80. The van der Waals surface area contributed by atoms with E-state index in [4.69, 9.17) is 5.73 Å². The Balaban J connectivity index is 2.15. The molecule has 2 N–H and O–H groups in total. The average molecular weight is 573 g/mol. The molecule has 3 nitrogen and oxygen atoms in total. The molecule has 0 aromatic heterocycles. The van der Waals surface area contributed by atoms with Gasteiger partial charge in [0.05, 0.1) is 22.3 Å². The van der Waals surface area contributed by atoms with Crippen molar-refractivity contribution in [3.05, 3.63) is 99.1 Å². The molecule has 39 heavy (non-hydrogen) atoms. The van der Waals surface area contributed by atoms with Crippen molar-refractivity contribution in [2.24, 2.45) is 0 Å². The van der Waals surface area contributed by atoms with E-state index in [-0.39, 0.29) is 36.4 Å². The summed E-state index contributed by atoms with van der Waals surface area (Å²) in [6.45, 7) is 0. The highest BCUT2D eigenvalue weighted by Crippen LogP contribution is 2.38. The van der Waals surface area contributed by atoms with Crippen LogP contribution in [0.25, 0.3) is 0 Å². The number of nitrogen functional groups attached to an aromatic ring is 1. The van der Waals surface area contributed by atoms with Crippen LogP contribution in [0.3, 0.4) is 0 Å². The van der Waals surface area contributed by atoms with Gasteiger partial charge in [-0.15, -0.1) is 0 Å². The van der Waals surface area contributed by atoms with Crippen molar-refractivity contribution in [1.82, 2.24) is 0 Å². The van der Waals surface area contributed by atoms with Crippen molar-refractivity contribution >= 4 is 17.3 Å². The van der Waals surface area contributed by atoms with Gasteiger partial charge in [0, 0.05) is 27.9 Å². The first-order valence-corrected chi connectivity index (χ1v) is 10.2. The number of carbonyl (C=O) groups is 2. The third kappa shape index (κ3) is 6.52. The molecule has 0 unspecified atom stereocenters. The van der Waals surface area contributed by atoms with E-state index in [1.54, 1.807) is 0 Å². The van der Waals surface area contributed by atoms with E-state index in [1.807, 2.05) is 0 Å². The van der Waals surface area contributed by atoms with Crippen LogP contribution < -0.4 is 5.73 Å². The van der Waals surface area contributed by atoms with Gasteiger partial charge in [0.25, 0.3) is 0 Å². The Hall–Kier alpha value is -4.04. The zero-order chi connectivity index (χ0) is 29.7. The number of carbonyl (C=O) groups excluding carboxylic acids is 2. The largest absolute Gasteiger partial charge is 0.416 e. The van der Waals surface area contributed by atoms with Gasteiger partial charge in [-0.05, 0) is 54.6 Å². The van der Waals surface area contributed by atoms with Gasteiger partial charge in [0.15, 0.2) is 11.6 Å². The van der Waals surface area contributed by atoms with Gasteiger partial charge in [-0.3, -0.25) is 9.59 Å². The topological polar surface area (TPSA) is 60.2 Å². The van der Waals surface area contributed by atoms with Crippen LogP contribution in [0.5, 0.6) is 0 Å². The first-order chi connectivity index (χ1) is 17.6. The molecular weight excluding hydrogens is 562 g/mol. The fourth-order valence-corrected chi connectivity index (χ4v) is 3.39. The number of hydrogen-bond donors (Lipinski definition) is 1. The number of benzene rings is 3. The molecule has 0 saturated heterocycles. The van der Waals surface area contributed by atoms with E-state index in [2.05, 4.69) is 0 Å². The van der Waals surface area contributed by atoms with Gasteiger partial charge in [-0.1, -0.05) is 0 Å². The number of rotatable bonds is 4. The molecule has 3 aromatic rings. The Bertz CT molecular complexity index is 1380. The second kappa shape index (κ2) is 9.61. The van der Waals surface area contributed by atoms with E-state index < -0.39 is 86.5 Å². The molecule has 0 aliphatic carbocycles. The molecule has 3 rings (SSSR count). The number of hydrogen-bond acceptors (Lipinski definition) is 3. The van der Waals surface area contributed by atoms with E-state index in [1.165, 1.54) is 0 Å². The molecule has 0 aliphatic heterocycles. The fraction of sp³-hybridized carbons (Fsp3) is 0.167. The maximum absolute atomic E-state index is 13.2. The lowest BCUT2D eigenvalue weighted by molar-refractivity contribution is -0.144. The first kappa shape index (κ1) is 29.5. The SMILES string of the molecule is Nc1ccc(C(=O)c2cc(C(F)(F)F)cc(C(F)(F)F)c2)cc1C(=O)c1cc(C(F)(F)F)cc(C(F)(F)F)c1. The van der Waals surface area contributed by atoms with Gasteiger partial charge < -0.3 is 5.73 Å². The van der Waals surface area contributed by atoms with E-state index in [0.717, 1.165) is 12.1 Å². The molecule has 0 radical (unpaired) electrons. The highest BCUT2D eigenvalue weighted by molar-refractivity contribution is 6.15. The Morgan fingerprint density at radius 1 is 0.462 bits per heavy atom. The van der Waals surface area contributed by atoms with Crippen LogP contribution in [0.4, 0.5) is 58.4 Å². The lowest BCUT2D eigenvalue weighted by Crippen LogP contribution is -2.15. The Morgan fingerprint density at radius 2 is 0.795 bits per heavy atom. The molecule has 0 saturated carbocycles. The number of ketones is 2. The third-order valence-electron chi connectivity index (χ3n) is 5.26. The molecule has 0 spiro atoms. The lowest BCUT2D eigenvalue weighted by Gasteiger charge is -2.15. The zero-order valence-corrected chi connectivity index (χ0v) is 18.6. The maximum Gasteiger partial charge on any atom is 0.416 e. The molecule has 0 bridgehead atoms. The maximum atomic E-state index is 13.2. The standard InChI is InChI=1S/C24H11F12NO2/c25-21(26,27)13-3-11(4-14(8-13)22(28,29)30)19(38)10-1-2-18(37)17(7-10)20(39)12-5-15(23(31,32)33)9-16(6-12)24(34,35)36/h1-9H,37H2. The molecule has 15 heteroatoms. The predicted molar refractivity (Wildman–Crippen MR) is 111 cm³/mol. The van der Waals surface area contributed by atoms with E-state index >= 15 is 0 Å². The van der Waals surface area contributed by atoms with Crippen molar-refractivity contribution in [2.45, 2.75) is 24.7 Å². The van der Waals surface area contributed by atoms with Crippen LogP contribution in [0.15, 0.2) is 54.6 Å².